The van der Waals surface area contributed by atoms with E-state index in [0.29, 0.717) is 6.42 Å². The summed E-state index contributed by atoms with van der Waals surface area (Å²) in [6, 6.07) is 0. The average molecular weight is 343 g/mol. The number of hydrogen-bond acceptors (Lipinski definition) is 4. The van der Waals surface area contributed by atoms with Crippen LogP contribution in [-0.2, 0) is 19.1 Å². The van der Waals surface area contributed by atoms with Gasteiger partial charge in [0.05, 0.1) is 5.41 Å². The zero-order valence-corrected chi connectivity index (χ0v) is 17.6. The van der Waals surface area contributed by atoms with E-state index in [9.17, 15) is 9.59 Å². The lowest BCUT2D eigenvalue weighted by atomic mass is 9.59. The molecule has 4 heteroatoms. The molecule has 0 aliphatic carbocycles. The van der Waals surface area contributed by atoms with Gasteiger partial charge in [0.15, 0.2) is 6.10 Å². The molecular formula is C20H38O4. The Morgan fingerprint density at radius 1 is 0.917 bits per heavy atom. The van der Waals surface area contributed by atoms with E-state index in [0.717, 1.165) is 6.42 Å². The summed E-state index contributed by atoms with van der Waals surface area (Å²) in [6.07, 6.45) is 0.611. The fourth-order valence-corrected chi connectivity index (χ4v) is 2.76. The Bertz CT molecular complexity index is 451. The molecule has 0 aromatic rings. The Kier molecular flexibility index (Phi) is 7.12. The second kappa shape index (κ2) is 7.45. The SMILES string of the molecule is CCC(C)(C)C(C)(CC(C)(C)C)C(=O)OC(C)C(=O)OC(C)(C)C. The van der Waals surface area contributed by atoms with Crippen LogP contribution in [0.25, 0.3) is 0 Å². The van der Waals surface area contributed by atoms with E-state index in [4.69, 9.17) is 9.47 Å². The van der Waals surface area contributed by atoms with Crippen LogP contribution in [0.2, 0.25) is 0 Å². The first kappa shape index (κ1) is 22.9. The molecule has 0 spiro atoms. The molecule has 0 aromatic heterocycles. The molecule has 142 valence electrons. The molecule has 0 rings (SSSR count). The lowest BCUT2D eigenvalue weighted by Gasteiger charge is -2.45. The van der Waals surface area contributed by atoms with Gasteiger partial charge in [0.1, 0.15) is 5.60 Å². The third-order valence-corrected chi connectivity index (χ3v) is 4.73. The first-order valence-corrected chi connectivity index (χ1v) is 8.89. The number of ether oxygens (including phenoxy) is 2. The molecule has 0 heterocycles. The summed E-state index contributed by atoms with van der Waals surface area (Å²) in [5, 5.41) is 0. The molecule has 2 atom stereocenters. The van der Waals surface area contributed by atoms with Gasteiger partial charge in [-0.2, -0.15) is 0 Å². The Balaban J connectivity index is 5.39. The van der Waals surface area contributed by atoms with Crippen LogP contribution in [0.15, 0.2) is 0 Å². The van der Waals surface area contributed by atoms with Gasteiger partial charge in [-0.1, -0.05) is 41.5 Å². The van der Waals surface area contributed by atoms with Gasteiger partial charge in [0, 0.05) is 0 Å². The zero-order valence-electron chi connectivity index (χ0n) is 17.6. The van der Waals surface area contributed by atoms with Crippen molar-refractivity contribution in [1.29, 1.82) is 0 Å². The van der Waals surface area contributed by atoms with E-state index in [-0.39, 0.29) is 16.8 Å². The fourth-order valence-electron chi connectivity index (χ4n) is 2.76. The Hall–Kier alpha value is -1.06. The fraction of sp³-hybridized carbons (Fsp3) is 0.900. The number of carbonyl (C=O) groups excluding carboxylic acids is 2. The van der Waals surface area contributed by atoms with E-state index < -0.39 is 23.1 Å². The van der Waals surface area contributed by atoms with Crippen LogP contribution < -0.4 is 0 Å². The second-order valence-corrected chi connectivity index (χ2v) is 9.89. The van der Waals surface area contributed by atoms with Crippen LogP contribution in [-0.4, -0.2) is 23.6 Å². The van der Waals surface area contributed by atoms with E-state index in [1.54, 1.807) is 27.7 Å². The minimum absolute atomic E-state index is 0.0324. The lowest BCUT2D eigenvalue weighted by Crippen LogP contribution is -2.47. The van der Waals surface area contributed by atoms with E-state index in [1.165, 1.54) is 0 Å². The Labute approximate surface area is 148 Å². The molecule has 24 heavy (non-hydrogen) atoms. The van der Waals surface area contributed by atoms with Crippen molar-refractivity contribution in [3.05, 3.63) is 0 Å². The highest BCUT2D eigenvalue weighted by Gasteiger charge is 2.50. The smallest absolute Gasteiger partial charge is 0.347 e. The maximum absolute atomic E-state index is 13.0. The monoisotopic (exact) mass is 342 g/mol. The quantitative estimate of drug-likeness (QED) is 0.627. The van der Waals surface area contributed by atoms with Crippen molar-refractivity contribution in [1.82, 2.24) is 0 Å². The standard InChI is InChI=1S/C20H38O4/c1-12-19(9,10)20(11,13-17(3,4)5)16(22)23-14(2)15(21)24-18(6,7)8/h14H,12-13H2,1-11H3. The predicted molar refractivity (Wildman–Crippen MR) is 97.7 cm³/mol. The number of carbonyl (C=O) groups is 2. The first-order chi connectivity index (χ1) is 10.5. The van der Waals surface area contributed by atoms with E-state index >= 15 is 0 Å². The molecule has 4 nitrogen and oxygen atoms in total. The highest BCUT2D eigenvalue weighted by Crippen LogP contribution is 2.49. The molecule has 0 fully saturated rings. The highest BCUT2D eigenvalue weighted by molar-refractivity contribution is 5.82. The van der Waals surface area contributed by atoms with Crippen LogP contribution in [0.4, 0.5) is 0 Å². The van der Waals surface area contributed by atoms with Gasteiger partial charge >= 0.3 is 11.9 Å². The van der Waals surface area contributed by atoms with Crippen LogP contribution in [0.3, 0.4) is 0 Å². The molecular weight excluding hydrogens is 304 g/mol. The van der Waals surface area contributed by atoms with Crippen molar-refractivity contribution in [3.8, 4) is 0 Å². The van der Waals surface area contributed by atoms with Crippen molar-refractivity contribution in [2.75, 3.05) is 0 Å². The van der Waals surface area contributed by atoms with Crippen LogP contribution in [0.1, 0.15) is 89.0 Å². The molecule has 0 radical (unpaired) electrons. The summed E-state index contributed by atoms with van der Waals surface area (Å²) in [5.41, 5.74) is -1.56. The first-order valence-electron chi connectivity index (χ1n) is 8.89. The number of esters is 2. The summed E-state index contributed by atoms with van der Waals surface area (Å²) in [4.78, 5) is 25.1. The third kappa shape index (κ3) is 6.45. The number of rotatable bonds is 6. The predicted octanol–water partition coefficient (Wildman–Crippen LogP) is 5.14. The average Bonchev–Trinajstić information content (AvgIpc) is 2.34. The van der Waals surface area contributed by atoms with Gasteiger partial charge in [-0.3, -0.25) is 4.79 Å². The van der Waals surface area contributed by atoms with E-state index in [2.05, 4.69) is 41.5 Å². The normalized spacial score (nSPS) is 17.0. The molecule has 0 aliphatic rings. The van der Waals surface area contributed by atoms with Crippen molar-refractivity contribution in [3.63, 3.8) is 0 Å². The van der Waals surface area contributed by atoms with Crippen LogP contribution >= 0.6 is 0 Å². The van der Waals surface area contributed by atoms with Gasteiger partial charge < -0.3 is 9.47 Å². The van der Waals surface area contributed by atoms with Gasteiger partial charge in [-0.15, -0.1) is 0 Å². The summed E-state index contributed by atoms with van der Waals surface area (Å²) >= 11 is 0. The molecule has 0 aromatic carbocycles. The van der Waals surface area contributed by atoms with Crippen molar-refractivity contribution >= 4 is 11.9 Å². The maximum Gasteiger partial charge on any atom is 0.347 e. The largest absolute Gasteiger partial charge is 0.457 e. The zero-order chi connectivity index (χ0) is 19.6. The van der Waals surface area contributed by atoms with Gasteiger partial charge in [-0.05, 0) is 58.3 Å². The van der Waals surface area contributed by atoms with E-state index in [1.807, 2.05) is 6.92 Å². The van der Waals surface area contributed by atoms with Crippen LogP contribution in [0.5, 0.6) is 0 Å². The van der Waals surface area contributed by atoms with Gasteiger partial charge in [0.2, 0.25) is 0 Å². The lowest BCUT2D eigenvalue weighted by molar-refractivity contribution is -0.185. The maximum atomic E-state index is 13.0. The molecule has 0 N–H and O–H groups in total. The molecule has 0 aliphatic heterocycles. The second-order valence-electron chi connectivity index (χ2n) is 9.89. The highest BCUT2D eigenvalue weighted by atomic mass is 16.6. The van der Waals surface area contributed by atoms with Crippen LogP contribution in [0, 0.1) is 16.2 Å². The summed E-state index contributed by atoms with van der Waals surface area (Å²) in [7, 11) is 0. The summed E-state index contributed by atoms with van der Waals surface area (Å²) in [5.74, 6) is -0.842. The summed E-state index contributed by atoms with van der Waals surface area (Å²) < 4.78 is 10.9. The summed E-state index contributed by atoms with van der Waals surface area (Å²) in [6.45, 7) is 21.5. The Morgan fingerprint density at radius 3 is 1.71 bits per heavy atom. The van der Waals surface area contributed by atoms with Gasteiger partial charge in [-0.25, -0.2) is 4.79 Å². The minimum atomic E-state index is -0.913. The molecule has 2 unspecified atom stereocenters. The van der Waals surface area contributed by atoms with Crippen molar-refractivity contribution in [2.45, 2.75) is 101 Å². The minimum Gasteiger partial charge on any atom is -0.457 e. The molecule has 0 saturated carbocycles. The van der Waals surface area contributed by atoms with Crippen molar-refractivity contribution < 1.29 is 19.1 Å². The van der Waals surface area contributed by atoms with Crippen molar-refractivity contribution in [2.24, 2.45) is 16.2 Å². The number of hydrogen-bond donors (Lipinski definition) is 0. The third-order valence-electron chi connectivity index (χ3n) is 4.73. The molecule has 0 saturated heterocycles. The topological polar surface area (TPSA) is 52.6 Å². The Morgan fingerprint density at radius 2 is 1.38 bits per heavy atom. The molecule has 0 bridgehead atoms. The molecule has 0 amide bonds. The van der Waals surface area contributed by atoms with Gasteiger partial charge in [0.25, 0.3) is 0 Å².